The van der Waals surface area contributed by atoms with Crippen molar-refractivity contribution in [3.63, 3.8) is 0 Å². The molecule has 5 aromatic rings. The summed E-state index contributed by atoms with van der Waals surface area (Å²) >= 11 is 12.8. The summed E-state index contributed by atoms with van der Waals surface area (Å²) in [6, 6.07) is 27.9. The van der Waals surface area contributed by atoms with Gasteiger partial charge in [-0.1, -0.05) is 77.8 Å². The van der Waals surface area contributed by atoms with Gasteiger partial charge in [-0.2, -0.15) is 10.4 Å². The van der Waals surface area contributed by atoms with E-state index >= 15 is 0 Å². The molecular weight excluding hydrogens is 503 g/mol. The molecule has 1 aliphatic heterocycles. The van der Waals surface area contributed by atoms with Gasteiger partial charge in [0.15, 0.2) is 11.3 Å². The van der Waals surface area contributed by atoms with Crippen LogP contribution in [0.5, 0.6) is 0 Å². The highest BCUT2D eigenvalue weighted by atomic mass is 35.5. The maximum Gasteiger partial charge on any atom is 0.160 e. The van der Waals surface area contributed by atoms with Gasteiger partial charge in [-0.25, -0.2) is 14.6 Å². The largest absolute Gasteiger partial charge is 0.355 e. The average Bonchev–Trinajstić information content (AvgIpc) is 3.34. The number of anilines is 1. The number of para-hydroxylation sites is 1. The number of rotatable bonds is 4. The van der Waals surface area contributed by atoms with E-state index in [1.54, 1.807) is 6.33 Å². The Hall–Kier alpha value is -3.92. The first kappa shape index (κ1) is 23.5. The Morgan fingerprint density at radius 3 is 2.22 bits per heavy atom. The number of piperidine rings is 1. The fourth-order valence-electron chi connectivity index (χ4n) is 5.10. The number of fused-ring (bicyclic) bond motifs is 1. The smallest absolute Gasteiger partial charge is 0.160 e. The number of nitrogens with zero attached hydrogens (tertiary/aromatic N) is 6. The summed E-state index contributed by atoms with van der Waals surface area (Å²) in [5.41, 5.74) is 4.47. The zero-order chi connectivity index (χ0) is 25.4. The van der Waals surface area contributed by atoms with Crippen molar-refractivity contribution in [2.45, 2.75) is 18.3 Å². The quantitative estimate of drug-likeness (QED) is 0.257. The minimum absolute atomic E-state index is 0.505. The molecule has 0 saturated carbocycles. The summed E-state index contributed by atoms with van der Waals surface area (Å²) in [4.78, 5) is 11.5. The third-order valence-corrected chi connectivity index (χ3v) is 7.67. The Morgan fingerprint density at radius 2 is 1.51 bits per heavy atom. The van der Waals surface area contributed by atoms with Crippen molar-refractivity contribution in [2.24, 2.45) is 0 Å². The van der Waals surface area contributed by atoms with E-state index in [1.165, 1.54) is 0 Å². The highest BCUT2D eigenvalue weighted by molar-refractivity contribution is 6.32. The Morgan fingerprint density at radius 1 is 0.811 bits per heavy atom. The molecule has 1 fully saturated rings. The standard InChI is InChI=1S/C29H22Cl2N6/c30-22-12-10-20(11-13-22)27-25-26(35-37(27)24-9-5-4-8-23(24)31)28(34-19-33-25)36-16-14-29(18-32,15-17-36)21-6-2-1-3-7-21/h1-13,19H,14-17H2. The summed E-state index contributed by atoms with van der Waals surface area (Å²) in [5.74, 6) is 0.755. The maximum atomic E-state index is 10.1. The van der Waals surface area contributed by atoms with Crippen molar-refractivity contribution in [1.29, 1.82) is 5.26 Å². The van der Waals surface area contributed by atoms with Crippen LogP contribution in [0.3, 0.4) is 0 Å². The molecule has 0 aliphatic carbocycles. The van der Waals surface area contributed by atoms with Gasteiger partial charge in [0, 0.05) is 23.7 Å². The molecule has 1 saturated heterocycles. The van der Waals surface area contributed by atoms with Gasteiger partial charge in [0.1, 0.15) is 17.5 Å². The normalized spacial score (nSPS) is 15.0. The zero-order valence-electron chi connectivity index (χ0n) is 19.9. The molecule has 37 heavy (non-hydrogen) atoms. The van der Waals surface area contributed by atoms with E-state index in [4.69, 9.17) is 28.3 Å². The molecule has 6 rings (SSSR count). The molecule has 182 valence electrons. The Labute approximate surface area is 224 Å². The second kappa shape index (κ2) is 9.51. The van der Waals surface area contributed by atoms with Crippen LogP contribution in [-0.2, 0) is 5.41 Å². The van der Waals surface area contributed by atoms with Crippen LogP contribution >= 0.6 is 23.2 Å². The minimum atomic E-state index is -0.505. The number of halogens is 2. The van der Waals surface area contributed by atoms with E-state index in [0.717, 1.165) is 33.8 Å². The van der Waals surface area contributed by atoms with Crippen molar-refractivity contribution in [2.75, 3.05) is 18.0 Å². The van der Waals surface area contributed by atoms with Crippen LogP contribution in [0.25, 0.3) is 28.0 Å². The zero-order valence-corrected chi connectivity index (χ0v) is 21.4. The first-order valence-corrected chi connectivity index (χ1v) is 12.8. The molecule has 8 heteroatoms. The first-order valence-electron chi connectivity index (χ1n) is 12.1. The van der Waals surface area contributed by atoms with Gasteiger partial charge < -0.3 is 4.90 Å². The molecule has 3 aromatic carbocycles. The van der Waals surface area contributed by atoms with Crippen molar-refractivity contribution < 1.29 is 0 Å². The van der Waals surface area contributed by atoms with Gasteiger partial charge in [-0.05, 0) is 42.7 Å². The number of hydrogen-bond acceptors (Lipinski definition) is 5. The molecule has 0 amide bonds. The lowest BCUT2D eigenvalue weighted by Crippen LogP contribution is -2.42. The van der Waals surface area contributed by atoms with Crippen LogP contribution in [0, 0.1) is 11.3 Å². The predicted octanol–water partition coefficient (Wildman–Crippen LogP) is 6.85. The van der Waals surface area contributed by atoms with Gasteiger partial charge in [0.25, 0.3) is 0 Å². The fourth-order valence-corrected chi connectivity index (χ4v) is 5.45. The van der Waals surface area contributed by atoms with Crippen molar-refractivity contribution in [3.05, 3.63) is 101 Å². The molecule has 0 radical (unpaired) electrons. The van der Waals surface area contributed by atoms with Crippen LogP contribution in [0.1, 0.15) is 18.4 Å². The molecule has 2 aromatic heterocycles. The molecule has 0 atom stereocenters. The lowest BCUT2D eigenvalue weighted by atomic mass is 9.74. The molecule has 0 spiro atoms. The molecular formula is C29H22Cl2N6. The van der Waals surface area contributed by atoms with E-state index < -0.39 is 5.41 Å². The minimum Gasteiger partial charge on any atom is -0.355 e. The Kier molecular flexibility index (Phi) is 6.03. The molecule has 0 bridgehead atoms. The number of benzene rings is 3. The fraction of sp³-hybridized carbons (Fsp3) is 0.172. The molecule has 6 nitrogen and oxygen atoms in total. The molecule has 3 heterocycles. The summed E-state index contributed by atoms with van der Waals surface area (Å²) < 4.78 is 1.84. The topological polar surface area (TPSA) is 70.6 Å². The van der Waals surface area contributed by atoms with Crippen LogP contribution in [0.15, 0.2) is 85.2 Å². The average molecular weight is 525 g/mol. The molecule has 1 aliphatic rings. The Balaban J connectivity index is 1.45. The number of hydrogen-bond donors (Lipinski definition) is 0. The van der Waals surface area contributed by atoms with Crippen LogP contribution in [0.4, 0.5) is 5.82 Å². The lowest BCUT2D eigenvalue weighted by molar-refractivity contribution is 0.414. The van der Waals surface area contributed by atoms with Gasteiger partial charge in [-0.15, -0.1) is 0 Å². The highest BCUT2D eigenvalue weighted by Gasteiger charge is 2.37. The first-order chi connectivity index (χ1) is 18.1. The van der Waals surface area contributed by atoms with Crippen molar-refractivity contribution in [3.8, 4) is 23.0 Å². The van der Waals surface area contributed by atoms with Gasteiger partial charge in [0.2, 0.25) is 0 Å². The van der Waals surface area contributed by atoms with Gasteiger partial charge in [-0.3, -0.25) is 0 Å². The van der Waals surface area contributed by atoms with E-state index in [-0.39, 0.29) is 0 Å². The van der Waals surface area contributed by atoms with Crippen LogP contribution in [0.2, 0.25) is 10.0 Å². The molecule has 0 unspecified atom stereocenters. The third kappa shape index (κ3) is 4.11. The molecule has 0 N–H and O–H groups in total. The van der Waals surface area contributed by atoms with E-state index in [2.05, 4.69) is 20.9 Å². The summed E-state index contributed by atoms with van der Waals surface area (Å²) in [6.45, 7) is 1.37. The number of nitriles is 1. The maximum absolute atomic E-state index is 10.1. The van der Waals surface area contributed by atoms with E-state index in [0.29, 0.717) is 41.5 Å². The lowest BCUT2D eigenvalue weighted by Gasteiger charge is -2.38. The van der Waals surface area contributed by atoms with Gasteiger partial charge >= 0.3 is 0 Å². The van der Waals surface area contributed by atoms with Crippen LogP contribution in [-0.4, -0.2) is 32.8 Å². The van der Waals surface area contributed by atoms with Crippen LogP contribution < -0.4 is 4.90 Å². The highest BCUT2D eigenvalue weighted by Crippen LogP contribution is 2.39. The summed E-state index contributed by atoms with van der Waals surface area (Å²) in [5, 5.41) is 16.4. The van der Waals surface area contributed by atoms with E-state index in [9.17, 15) is 5.26 Å². The third-order valence-electron chi connectivity index (χ3n) is 7.09. The van der Waals surface area contributed by atoms with Gasteiger partial charge in [0.05, 0.1) is 22.2 Å². The SMILES string of the molecule is N#CC1(c2ccccc2)CCN(c2ncnc3c(-c4ccc(Cl)cc4)n(-c4ccccc4Cl)nc23)CC1. The monoisotopic (exact) mass is 524 g/mol. The van der Waals surface area contributed by atoms with Crippen molar-refractivity contribution >= 4 is 40.1 Å². The summed E-state index contributed by atoms with van der Waals surface area (Å²) in [6.07, 6.45) is 2.99. The summed E-state index contributed by atoms with van der Waals surface area (Å²) in [7, 11) is 0. The van der Waals surface area contributed by atoms with Crippen molar-refractivity contribution in [1.82, 2.24) is 19.7 Å². The predicted molar refractivity (Wildman–Crippen MR) is 147 cm³/mol. The number of aromatic nitrogens is 4. The van der Waals surface area contributed by atoms with E-state index in [1.807, 2.05) is 83.5 Å². The second-order valence-electron chi connectivity index (χ2n) is 9.16. The Bertz CT molecular complexity index is 1610. The second-order valence-corrected chi connectivity index (χ2v) is 10.0.